The van der Waals surface area contributed by atoms with Crippen LogP contribution in [0.25, 0.3) is 10.2 Å². The van der Waals surface area contributed by atoms with E-state index < -0.39 is 0 Å². The highest BCUT2D eigenvalue weighted by Gasteiger charge is 2.17. The molecule has 1 heterocycles. The molecule has 0 atom stereocenters. The number of aromatic nitrogens is 1. The molecule has 2 N–H and O–H groups in total. The number of halogens is 1. The van der Waals surface area contributed by atoms with E-state index in [1.54, 1.807) is 11.3 Å². The average molecular weight is 283 g/mol. The molecule has 0 unspecified atom stereocenters. The smallest absolute Gasteiger partial charge is 0.0938 e. The Morgan fingerprint density at radius 2 is 2.11 bits per heavy atom. The minimum atomic E-state index is 0.296. The Bertz CT molecular complexity index is 534. The van der Waals surface area contributed by atoms with Gasteiger partial charge in [-0.1, -0.05) is 25.4 Å². The Labute approximate surface area is 117 Å². The van der Waals surface area contributed by atoms with E-state index in [1.807, 2.05) is 18.2 Å². The molecule has 0 spiro atoms. The third kappa shape index (κ3) is 3.44. The van der Waals surface area contributed by atoms with Crippen molar-refractivity contribution < 1.29 is 0 Å². The Morgan fingerprint density at radius 3 is 2.83 bits per heavy atom. The number of fused-ring (bicyclic) bond motifs is 1. The second-order valence-corrected chi connectivity index (χ2v) is 6.97. The van der Waals surface area contributed by atoms with Gasteiger partial charge < -0.3 is 5.73 Å². The maximum atomic E-state index is 5.98. The van der Waals surface area contributed by atoms with Gasteiger partial charge in [-0.25, -0.2) is 4.98 Å². The van der Waals surface area contributed by atoms with Crippen molar-refractivity contribution in [1.29, 1.82) is 0 Å². The summed E-state index contributed by atoms with van der Waals surface area (Å²) in [6.45, 7) is 5.29. The van der Waals surface area contributed by atoms with Crippen LogP contribution in [0.3, 0.4) is 0 Å². The van der Waals surface area contributed by atoms with Crippen molar-refractivity contribution in [2.24, 2.45) is 11.1 Å². The fraction of sp³-hybridized carbons (Fsp3) is 0.500. The monoisotopic (exact) mass is 282 g/mol. The number of hydrogen-bond donors (Lipinski definition) is 1. The number of thiazole rings is 1. The van der Waals surface area contributed by atoms with Crippen molar-refractivity contribution in [1.82, 2.24) is 4.98 Å². The molecule has 0 saturated carbocycles. The summed E-state index contributed by atoms with van der Waals surface area (Å²) in [7, 11) is 0. The molecule has 2 rings (SSSR count). The number of nitrogens with zero attached hydrogens (tertiary/aromatic N) is 1. The first-order valence-electron chi connectivity index (χ1n) is 6.25. The lowest BCUT2D eigenvalue weighted by atomic mass is 9.84. The highest BCUT2D eigenvalue weighted by atomic mass is 35.5. The maximum Gasteiger partial charge on any atom is 0.0938 e. The lowest BCUT2D eigenvalue weighted by Crippen LogP contribution is -2.17. The molecule has 0 amide bonds. The number of nitrogens with two attached hydrogens (primary N) is 1. The Balaban J connectivity index is 2.08. The van der Waals surface area contributed by atoms with Crippen LogP contribution in [0.1, 0.15) is 31.7 Å². The van der Waals surface area contributed by atoms with Crippen LogP contribution in [0.15, 0.2) is 18.2 Å². The fourth-order valence-corrected chi connectivity index (χ4v) is 3.26. The van der Waals surface area contributed by atoms with E-state index in [0.29, 0.717) is 5.41 Å². The van der Waals surface area contributed by atoms with Crippen molar-refractivity contribution in [2.75, 3.05) is 6.54 Å². The lowest BCUT2D eigenvalue weighted by Gasteiger charge is -2.22. The molecule has 2 nitrogen and oxygen atoms in total. The second-order valence-electron chi connectivity index (χ2n) is 5.42. The summed E-state index contributed by atoms with van der Waals surface area (Å²) in [5, 5.41) is 1.97. The van der Waals surface area contributed by atoms with Gasteiger partial charge in [-0.15, -0.1) is 11.3 Å². The first-order valence-corrected chi connectivity index (χ1v) is 7.45. The minimum Gasteiger partial charge on any atom is -0.330 e. The molecular weight excluding hydrogens is 264 g/mol. The summed E-state index contributed by atoms with van der Waals surface area (Å²) in [4.78, 5) is 4.65. The lowest BCUT2D eigenvalue weighted by molar-refractivity contribution is 0.313. The summed E-state index contributed by atoms with van der Waals surface area (Å²) < 4.78 is 1.18. The van der Waals surface area contributed by atoms with Crippen LogP contribution >= 0.6 is 22.9 Å². The fourth-order valence-electron chi connectivity index (χ4n) is 2.01. The molecule has 98 valence electrons. The quantitative estimate of drug-likeness (QED) is 0.890. The van der Waals surface area contributed by atoms with Crippen molar-refractivity contribution in [3.05, 3.63) is 28.2 Å². The molecule has 0 bridgehead atoms. The van der Waals surface area contributed by atoms with Gasteiger partial charge in [-0.2, -0.15) is 0 Å². The molecule has 18 heavy (non-hydrogen) atoms. The van der Waals surface area contributed by atoms with Gasteiger partial charge in [-0.05, 0) is 49.4 Å². The molecule has 1 aromatic heterocycles. The van der Waals surface area contributed by atoms with Gasteiger partial charge in [-0.3, -0.25) is 0 Å². The zero-order valence-corrected chi connectivity index (χ0v) is 12.4. The highest BCUT2D eigenvalue weighted by Crippen LogP contribution is 2.30. The minimum absolute atomic E-state index is 0.296. The normalized spacial score (nSPS) is 12.2. The summed E-state index contributed by atoms with van der Waals surface area (Å²) >= 11 is 7.73. The third-order valence-electron chi connectivity index (χ3n) is 3.23. The van der Waals surface area contributed by atoms with Crippen LogP contribution in [-0.2, 0) is 6.42 Å². The van der Waals surface area contributed by atoms with E-state index in [1.165, 1.54) is 9.71 Å². The molecule has 0 aliphatic carbocycles. The van der Waals surface area contributed by atoms with Crippen molar-refractivity contribution in [2.45, 2.75) is 33.1 Å². The van der Waals surface area contributed by atoms with E-state index >= 15 is 0 Å². The second kappa shape index (κ2) is 5.55. The number of hydrogen-bond acceptors (Lipinski definition) is 3. The van der Waals surface area contributed by atoms with Crippen molar-refractivity contribution in [3.63, 3.8) is 0 Å². The first kappa shape index (κ1) is 13.8. The van der Waals surface area contributed by atoms with Crippen LogP contribution in [0.2, 0.25) is 5.02 Å². The molecule has 2 aromatic rings. The van der Waals surface area contributed by atoms with Gasteiger partial charge in [0.25, 0.3) is 0 Å². The Kier molecular flexibility index (Phi) is 4.25. The molecule has 1 aromatic carbocycles. The molecule has 0 aliphatic heterocycles. The molecule has 0 radical (unpaired) electrons. The van der Waals surface area contributed by atoms with E-state index in [0.717, 1.165) is 36.3 Å². The zero-order valence-electron chi connectivity index (χ0n) is 10.9. The molecule has 0 saturated heterocycles. The third-order valence-corrected chi connectivity index (χ3v) is 4.54. The Hall–Kier alpha value is -0.640. The van der Waals surface area contributed by atoms with Gasteiger partial charge in [0.1, 0.15) is 0 Å². The van der Waals surface area contributed by atoms with Crippen LogP contribution in [-0.4, -0.2) is 11.5 Å². The van der Waals surface area contributed by atoms with Gasteiger partial charge >= 0.3 is 0 Å². The van der Waals surface area contributed by atoms with E-state index in [2.05, 4.69) is 18.8 Å². The zero-order chi connectivity index (χ0) is 13.2. The van der Waals surface area contributed by atoms with E-state index in [9.17, 15) is 0 Å². The standard InChI is InChI=1S/C14H19ClN2S/c1-14(2,7-8-16)6-5-13-17-11-4-3-10(15)9-12(11)18-13/h3-4,9H,5-8,16H2,1-2H3. The molecule has 0 fully saturated rings. The maximum absolute atomic E-state index is 5.98. The highest BCUT2D eigenvalue weighted by molar-refractivity contribution is 7.18. The predicted octanol–water partition coefficient (Wildman–Crippen LogP) is 4.26. The van der Waals surface area contributed by atoms with Gasteiger partial charge in [0, 0.05) is 5.02 Å². The molecule has 4 heteroatoms. The largest absolute Gasteiger partial charge is 0.330 e. The number of rotatable bonds is 5. The summed E-state index contributed by atoms with van der Waals surface area (Å²) in [5.41, 5.74) is 6.98. The van der Waals surface area contributed by atoms with Gasteiger partial charge in [0.05, 0.1) is 15.2 Å². The summed E-state index contributed by atoms with van der Waals surface area (Å²) in [6, 6.07) is 5.87. The van der Waals surface area contributed by atoms with E-state index in [4.69, 9.17) is 17.3 Å². The summed E-state index contributed by atoms with van der Waals surface area (Å²) in [6.07, 6.45) is 3.20. The first-order chi connectivity index (χ1) is 8.50. The average Bonchev–Trinajstić information content (AvgIpc) is 2.68. The predicted molar refractivity (Wildman–Crippen MR) is 80.4 cm³/mol. The molecular formula is C14H19ClN2S. The van der Waals surface area contributed by atoms with Crippen molar-refractivity contribution >= 4 is 33.2 Å². The van der Waals surface area contributed by atoms with Crippen LogP contribution < -0.4 is 5.73 Å². The van der Waals surface area contributed by atoms with Crippen LogP contribution in [0.5, 0.6) is 0 Å². The number of benzene rings is 1. The topological polar surface area (TPSA) is 38.9 Å². The van der Waals surface area contributed by atoms with Crippen molar-refractivity contribution in [3.8, 4) is 0 Å². The van der Waals surface area contributed by atoms with Gasteiger partial charge in [0.15, 0.2) is 0 Å². The molecule has 0 aliphatic rings. The summed E-state index contributed by atoms with van der Waals surface area (Å²) in [5.74, 6) is 0. The van der Waals surface area contributed by atoms with E-state index in [-0.39, 0.29) is 0 Å². The number of aryl methyl sites for hydroxylation is 1. The van der Waals surface area contributed by atoms with Crippen LogP contribution in [0.4, 0.5) is 0 Å². The SMILES string of the molecule is CC(C)(CCN)CCc1nc2ccc(Cl)cc2s1. The van der Waals surface area contributed by atoms with Crippen LogP contribution in [0, 0.1) is 5.41 Å². The van der Waals surface area contributed by atoms with Gasteiger partial charge in [0.2, 0.25) is 0 Å². The Morgan fingerprint density at radius 1 is 1.33 bits per heavy atom.